The SMILES string of the molecule is C=C/C(=C\C(=C/C)CC)OC(F)(F)F. The summed E-state index contributed by atoms with van der Waals surface area (Å²) in [7, 11) is 0. The van der Waals surface area contributed by atoms with Gasteiger partial charge in [0.1, 0.15) is 5.76 Å². The molecule has 1 nitrogen and oxygen atoms in total. The molecule has 0 aliphatic heterocycles. The van der Waals surface area contributed by atoms with Gasteiger partial charge in [0.25, 0.3) is 0 Å². The molecule has 0 amide bonds. The summed E-state index contributed by atoms with van der Waals surface area (Å²) in [6.07, 6.45) is 0.0675. The zero-order valence-corrected chi connectivity index (χ0v) is 8.19. The van der Waals surface area contributed by atoms with Crippen LogP contribution in [0.5, 0.6) is 0 Å². The van der Waals surface area contributed by atoms with Gasteiger partial charge < -0.3 is 4.74 Å². The Hall–Kier alpha value is -1.19. The van der Waals surface area contributed by atoms with Crippen LogP contribution in [0, 0.1) is 0 Å². The highest BCUT2D eigenvalue weighted by Gasteiger charge is 2.31. The molecule has 0 aromatic rings. The summed E-state index contributed by atoms with van der Waals surface area (Å²) in [5.74, 6) is -0.285. The minimum atomic E-state index is -4.66. The molecule has 0 aromatic carbocycles. The monoisotopic (exact) mass is 206 g/mol. The van der Waals surface area contributed by atoms with Gasteiger partial charge >= 0.3 is 6.36 Å². The van der Waals surface area contributed by atoms with Crippen LogP contribution in [0.1, 0.15) is 20.3 Å². The predicted molar refractivity (Wildman–Crippen MR) is 49.5 cm³/mol. The molecular formula is C10H13F3O. The molecule has 0 unspecified atom stereocenters. The predicted octanol–water partition coefficient (Wildman–Crippen LogP) is 3.95. The highest BCUT2D eigenvalue weighted by molar-refractivity contribution is 5.25. The molecule has 0 bridgehead atoms. The Morgan fingerprint density at radius 3 is 2.29 bits per heavy atom. The second kappa shape index (κ2) is 5.52. The largest absolute Gasteiger partial charge is 0.573 e. The lowest BCUT2D eigenvalue weighted by Crippen LogP contribution is -2.12. The first-order chi connectivity index (χ1) is 6.42. The van der Waals surface area contributed by atoms with E-state index in [-0.39, 0.29) is 5.76 Å². The average molecular weight is 206 g/mol. The van der Waals surface area contributed by atoms with Gasteiger partial charge in [-0.2, -0.15) is 0 Å². The van der Waals surface area contributed by atoms with Gasteiger partial charge in [-0.25, -0.2) is 0 Å². The Bertz CT molecular complexity index is 249. The standard InChI is InChI=1S/C10H13F3O/c1-4-8(5-2)7-9(6-3)14-10(11,12)13/h4,6-7H,3,5H2,1-2H3/b8-4-,9-7+. The van der Waals surface area contributed by atoms with E-state index in [4.69, 9.17) is 0 Å². The summed E-state index contributed by atoms with van der Waals surface area (Å²) >= 11 is 0. The van der Waals surface area contributed by atoms with Gasteiger partial charge in [-0.1, -0.05) is 19.6 Å². The number of alkyl halides is 3. The van der Waals surface area contributed by atoms with E-state index >= 15 is 0 Å². The van der Waals surface area contributed by atoms with E-state index in [2.05, 4.69) is 11.3 Å². The summed E-state index contributed by atoms with van der Waals surface area (Å²) in [6.45, 7) is 6.85. The van der Waals surface area contributed by atoms with Crippen molar-refractivity contribution in [2.75, 3.05) is 0 Å². The molecule has 0 spiro atoms. The van der Waals surface area contributed by atoms with Crippen LogP contribution in [0.4, 0.5) is 13.2 Å². The number of halogens is 3. The molecule has 0 saturated heterocycles. The van der Waals surface area contributed by atoms with Crippen molar-refractivity contribution >= 4 is 0 Å². The van der Waals surface area contributed by atoms with Crippen LogP contribution in [-0.2, 0) is 4.74 Å². The molecule has 0 aromatic heterocycles. The topological polar surface area (TPSA) is 9.23 Å². The van der Waals surface area contributed by atoms with Gasteiger partial charge in [-0.15, -0.1) is 13.2 Å². The highest BCUT2D eigenvalue weighted by Crippen LogP contribution is 2.22. The minimum Gasteiger partial charge on any atom is -0.406 e. The quantitative estimate of drug-likeness (QED) is 0.500. The lowest BCUT2D eigenvalue weighted by molar-refractivity contribution is -0.303. The van der Waals surface area contributed by atoms with Crippen LogP contribution in [0.3, 0.4) is 0 Å². The molecule has 0 fully saturated rings. The maximum Gasteiger partial charge on any atom is 0.573 e. The van der Waals surface area contributed by atoms with Crippen molar-refractivity contribution in [3.63, 3.8) is 0 Å². The Balaban J connectivity index is 4.64. The first kappa shape index (κ1) is 12.8. The summed E-state index contributed by atoms with van der Waals surface area (Å²) in [5, 5.41) is 0. The number of ether oxygens (including phenoxy) is 1. The van der Waals surface area contributed by atoms with Crippen LogP contribution >= 0.6 is 0 Å². The van der Waals surface area contributed by atoms with Crippen molar-refractivity contribution in [2.24, 2.45) is 0 Å². The zero-order chi connectivity index (χ0) is 11.2. The van der Waals surface area contributed by atoms with Crippen molar-refractivity contribution in [1.82, 2.24) is 0 Å². The van der Waals surface area contributed by atoms with Crippen molar-refractivity contribution in [1.29, 1.82) is 0 Å². The molecule has 80 valence electrons. The van der Waals surface area contributed by atoms with Crippen molar-refractivity contribution in [2.45, 2.75) is 26.6 Å². The minimum absolute atomic E-state index is 0.285. The third kappa shape index (κ3) is 5.45. The number of rotatable bonds is 4. The van der Waals surface area contributed by atoms with E-state index in [9.17, 15) is 13.2 Å². The number of hydrogen-bond acceptors (Lipinski definition) is 1. The van der Waals surface area contributed by atoms with Gasteiger partial charge in [0.05, 0.1) is 0 Å². The van der Waals surface area contributed by atoms with E-state index in [1.165, 1.54) is 6.08 Å². The van der Waals surface area contributed by atoms with Gasteiger partial charge in [0.2, 0.25) is 0 Å². The van der Waals surface area contributed by atoms with Crippen molar-refractivity contribution in [3.8, 4) is 0 Å². The molecule has 0 rings (SSSR count). The lowest BCUT2D eigenvalue weighted by Gasteiger charge is -2.09. The maximum atomic E-state index is 11.8. The number of allylic oxidation sites excluding steroid dienone is 4. The van der Waals surface area contributed by atoms with Crippen LogP contribution in [0.25, 0.3) is 0 Å². The molecule has 4 heteroatoms. The first-order valence-corrected chi connectivity index (χ1v) is 4.18. The fourth-order valence-electron chi connectivity index (χ4n) is 0.836. The fraction of sp³-hybridized carbons (Fsp3) is 0.400. The molecule has 0 atom stereocenters. The normalized spacial score (nSPS) is 14.1. The van der Waals surface area contributed by atoms with Crippen LogP contribution in [-0.4, -0.2) is 6.36 Å². The molecule has 0 radical (unpaired) electrons. The summed E-state index contributed by atoms with van der Waals surface area (Å²) in [6, 6.07) is 0. The van der Waals surface area contributed by atoms with Gasteiger partial charge in [-0.3, -0.25) is 0 Å². The second-order valence-electron chi connectivity index (χ2n) is 2.52. The molecule has 0 aliphatic rings. The van der Waals surface area contributed by atoms with Crippen LogP contribution in [0.2, 0.25) is 0 Å². The number of hydrogen-bond donors (Lipinski definition) is 0. The smallest absolute Gasteiger partial charge is 0.406 e. The van der Waals surface area contributed by atoms with Gasteiger partial charge in [-0.05, 0) is 31.1 Å². The van der Waals surface area contributed by atoms with Gasteiger partial charge in [0.15, 0.2) is 0 Å². The summed E-state index contributed by atoms with van der Waals surface area (Å²) in [4.78, 5) is 0. The third-order valence-corrected chi connectivity index (χ3v) is 1.54. The highest BCUT2D eigenvalue weighted by atomic mass is 19.4. The maximum absolute atomic E-state index is 11.8. The first-order valence-electron chi connectivity index (χ1n) is 4.18. The fourth-order valence-corrected chi connectivity index (χ4v) is 0.836. The molecule has 0 saturated carbocycles. The zero-order valence-electron chi connectivity index (χ0n) is 8.19. The summed E-state index contributed by atoms with van der Waals surface area (Å²) < 4.78 is 39.2. The third-order valence-electron chi connectivity index (χ3n) is 1.54. The molecule has 14 heavy (non-hydrogen) atoms. The molecule has 0 N–H and O–H groups in total. The Morgan fingerprint density at radius 2 is 2.00 bits per heavy atom. The van der Waals surface area contributed by atoms with E-state index in [0.717, 1.165) is 11.6 Å². The van der Waals surface area contributed by atoms with E-state index < -0.39 is 6.36 Å². The Kier molecular flexibility index (Phi) is 5.05. The molecule has 0 heterocycles. The summed E-state index contributed by atoms with van der Waals surface area (Å²) in [5.41, 5.74) is 0.768. The molecule has 0 aliphatic carbocycles. The second-order valence-corrected chi connectivity index (χ2v) is 2.52. The van der Waals surface area contributed by atoms with E-state index in [1.807, 2.05) is 6.92 Å². The lowest BCUT2D eigenvalue weighted by atomic mass is 10.2. The Labute approximate surface area is 81.6 Å². The van der Waals surface area contributed by atoms with Crippen LogP contribution in [0.15, 0.2) is 36.1 Å². The van der Waals surface area contributed by atoms with Crippen LogP contribution < -0.4 is 0 Å². The Morgan fingerprint density at radius 1 is 1.43 bits per heavy atom. The van der Waals surface area contributed by atoms with E-state index in [0.29, 0.717) is 6.42 Å². The molecular weight excluding hydrogens is 193 g/mol. The van der Waals surface area contributed by atoms with Crippen molar-refractivity contribution in [3.05, 3.63) is 36.1 Å². The van der Waals surface area contributed by atoms with Crippen molar-refractivity contribution < 1.29 is 17.9 Å². The van der Waals surface area contributed by atoms with E-state index in [1.54, 1.807) is 13.0 Å². The van der Waals surface area contributed by atoms with Gasteiger partial charge in [0, 0.05) is 0 Å². The average Bonchev–Trinajstić information content (AvgIpc) is 2.10.